The Morgan fingerprint density at radius 3 is 2.80 bits per heavy atom. The molecule has 2 heterocycles. The van der Waals surface area contributed by atoms with E-state index in [0.717, 1.165) is 58.9 Å². The number of pyridine rings is 1. The van der Waals surface area contributed by atoms with Gasteiger partial charge in [0.1, 0.15) is 5.82 Å². The van der Waals surface area contributed by atoms with Crippen molar-refractivity contribution in [1.29, 1.82) is 0 Å². The van der Waals surface area contributed by atoms with Crippen LogP contribution in [0.1, 0.15) is 36.0 Å². The van der Waals surface area contributed by atoms with Crippen LogP contribution in [0.15, 0.2) is 40.1 Å². The summed E-state index contributed by atoms with van der Waals surface area (Å²) in [4.78, 5) is 6.98. The highest BCUT2D eigenvalue weighted by Crippen LogP contribution is 2.53. The maximum Gasteiger partial charge on any atom is 0.134 e. The van der Waals surface area contributed by atoms with Crippen LogP contribution in [0, 0.1) is 6.92 Å². The summed E-state index contributed by atoms with van der Waals surface area (Å²) in [6.07, 6.45) is 4.25. The summed E-state index contributed by atoms with van der Waals surface area (Å²) < 4.78 is 0.818. The molecule has 25 heavy (non-hydrogen) atoms. The van der Waals surface area contributed by atoms with Gasteiger partial charge >= 0.3 is 0 Å². The molecule has 1 aromatic heterocycles. The first-order valence-electron chi connectivity index (χ1n) is 8.37. The van der Waals surface area contributed by atoms with Crippen LogP contribution in [-0.2, 0) is 12.0 Å². The number of oxime groups is 1. The highest BCUT2D eigenvalue weighted by Gasteiger charge is 2.49. The Hall–Kier alpha value is -1.59. The minimum absolute atomic E-state index is 0.116. The van der Waals surface area contributed by atoms with E-state index in [-0.39, 0.29) is 5.41 Å². The largest absolute Gasteiger partial charge is 0.411 e. The molecule has 4 nitrogen and oxygen atoms in total. The van der Waals surface area contributed by atoms with Crippen molar-refractivity contribution in [2.24, 2.45) is 5.16 Å². The van der Waals surface area contributed by atoms with E-state index < -0.39 is 0 Å². The molecular formula is C19H19BrClN3O. The van der Waals surface area contributed by atoms with Gasteiger partial charge in [0.15, 0.2) is 0 Å². The van der Waals surface area contributed by atoms with Gasteiger partial charge in [-0.15, -0.1) is 0 Å². The summed E-state index contributed by atoms with van der Waals surface area (Å²) in [5.74, 6) is 0.952. The zero-order valence-electron chi connectivity index (χ0n) is 14.0. The zero-order valence-corrected chi connectivity index (χ0v) is 16.3. The summed E-state index contributed by atoms with van der Waals surface area (Å²) in [5.41, 5.74) is 4.33. The molecule has 130 valence electrons. The minimum atomic E-state index is -0.116. The van der Waals surface area contributed by atoms with Crippen molar-refractivity contribution in [3.8, 4) is 0 Å². The number of hydrogen-bond acceptors (Lipinski definition) is 4. The first-order chi connectivity index (χ1) is 12.0. The van der Waals surface area contributed by atoms with Crippen LogP contribution < -0.4 is 4.90 Å². The molecule has 1 saturated carbocycles. The van der Waals surface area contributed by atoms with Gasteiger partial charge < -0.3 is 10.1 Å². The fourth-order valence-corrected chi connectivity index (χ4v) is 4.75. The van der Waals surface area contributed by atoms with Crippen molar-refractivity contribution in [2.75, 3.05) is 11.4 Å². The highest BCUT2D eigenvalue weighted by molar-refractivity contribution is 9.10. The van der Waals surface area contributed by atoms with Crippen molar-refractivity contribution >= 4 is 39.1 Å². The maximum atomic E-state index is 9.23. The molecule has 2 aromatic rings. The van der Waals surface area contributed by atoms with Crippen molar-refractivity contribution in [2.45, 2.75) is 38.1 Å². The van der Waals surface area contributed by atoms with Gasteiger partial charge in [0.25, 0.3) is 0 Å². The Balaban J connectivity index is 1.75. The zero-order chi connectivity index (χ0) is 17.6. The molecule has 0 saturated heterocycles. The Morgan fingerprint density at radius 1 is 1.36 bits per heavy atom. The monoisotopic (exact) mass is 419 g/mol. The molecule has 1 atom stereocenters. The third-order valence-electron chi connectivity index (χ3n) is 5.35. The molecule has 0 amide bonds. The van der Waals surface area contributed by atoms with Crippen LogP contribution in [0.25, 0.3) is 0 Å². The molecule has 4 rings (SSSR count). The molecule has 2 aliphatic rings. The summed E-state index contributed by atoms with van der Waals surface area (Å²) >= 11 is 10.2. The molecule has 1 spiro atoms. The van der Waals surface area contributed by atoms with Gasteiger partial charge in [-0.3, -0.25) is 0 Å². The number of nitrogens with zero attached hydrogens (tertiary/aromatic N) is 3. The third kappa shape index (κ3) is 2.83. The van der Waals surface area contributed by atoms with Crippen LogP contribution >= 0.6 is 27.5 Å². The smallest absolute Gasteiger partial charge is 0.134 e. The molecule has 1 unspecified atom stereocenters. The number of anilines is 1. The molecule has 0 bridgehead atoms. The average molecular weight is 421 g/mol. The summed E-state index contributed by atoms with van der Waals surface area (Å²) in [6, 6.07) is 8.60. The van der Waals surface area contributed by atoms with Gasteiger partial charge in [-0.25, -0.2) is 4.98 Å². The number of fused-ring (bicyclic) bond motifs is 2. The van der Waals surface area contributed by atoms with Crippen molar-refractivity contribution < 1.29 is 5.21 Å². The van der Waals surface area contributed by atoms with Gasteiger partial charge in [0.2, 0.25) is 0 Å². The minimum Gasteiger partial charge on any atom is -0.411 e. The third-order valence-corrected chi connectivity index (χ3v) is 6.57. The Labute approximate surface area is 160 Å². The molecule has 1 fully saturated rings. The SMILES string of the molecule is Cc1ccc(CN2CC3(CC/C(=N\O)C3)c3c2ncc(Br)c3Cl)cc1. The van der Waals surface area contributed by atoms with E-state index in [1.165, 1.54) is 11.1 Å². The summed E-state index contributed by atoms with van der Waals surface area (Å²) in [6.45, 7) is 3.74. The predicted octanol–water partition coefficient (Wildman–Crippen LogP) is 5.08. The molecule has 1 aliphatic heterocycles. The van der Waals surface area contributed by atoms with Crippen LogP contribution in [0.4, 0.5) is 5.82 Å². The molecule has 6 heteroatoms. The number of aromatic nitrogens is 1. The van der Waals surface area contributed by atoms with Crippen LogP contribution in [0.2, 0.25) is 5.02 Å². The lowest BCUT2D eigenvalue weighted by molar-refractivity contribution is 0.317. The average Bonchev–Trinajstić information content (AvgIpc) is 3.15. The molecule has 0 radical (unpaired) electrons. The van der Waals surface area contributed by atoms with Gasteiger partial charge in [-0.1, -0.05) is 46.6 Å². The van der Waals surface area contributed by atoms with Crippen molar-refractivity contribution in [3.05, 3.63) is 56.6 Å². The first kappa shape index (κ1) is 16.9. The predicted molar refractivity (Wildman–Crippen MR) is 104 cm³/mol. The Kier molecular flexibility index (Phi) is 4.24. The number of halogens is 2. The first-order valence-corrected chi connectivity index (χ1v) is 9.54. The second kappa shape index (κ2) is 6.29. The van der Waals surface area contributed by atoms with E-state index in [0.29, 0.717) is 0 Å². The highest BCUT2D eigenvalue weighted by atomic mass is 79.9. The van der Waals surface area contributed by atoms with E-state index in [4.69, 9.17) is 11.6 Å². The lowest BCUT2D eigenvalue weighted by Gasteiger charge is -2.25. The van der Waals surface area contributed by atoms with E-state index in [2.05, 4.69) is 62.2 Å². The summed E-state index contributed by atoms with van der Waals surface area (Å²) in [7, 11) is 0. The standard InChI is InChI=1S/C19H19BrClN3O/c1-12-2-4-13(5-3-12)10-24-11-19(7-6-14(8-19)23-25)16-17(21)15(20)9-22-18(16)24/h2-5,9,25H,6-8,10-11H2,1H3/b23-14+. The number of benzene rings is 1. The van der Waals surface area contributed by atoms with Gasteiger partial charge in [-0.2, -0.15) is 0 Å². The van der Waals surface area contributed by atoms with Crippen molar-refractivity contribution in [1.82, 2.24) is 4.98 Å². The van der Waals surface area contributed by atoms with E-state index >= 15 is 0 Å². The van der Waals surface area contributed by atoms with E-state index in [9.17, 15) is 5.21 Å². The fourth-order valence-electron chi connectivity index (χ4n) is 4.11. The van der Waals surface area contributed by atoms with E-state index in [1.807, 2.05) is 0 Å². The van der Waals surface area contributed by atoms with Gasteiger partial charge in [0, 0.05) is 36.7 Å². The van der Waals surface area contributed by atoms with Crippen molar-refractivity contribution in [3.63, 3.8) is 0 Å². The number of hydrogen-bond donors (Lipinski definition) is 1. The topological polar surface area (TPSA) is 48.7 Å². The van der Waals surface area contributed by atoms with Gasteiger partial charge in [-0.05, 0) is 41.3 Å². The van der Waals surface area contributed by atoms with Crippen LogP contribution in [-0.4, -0.2) is 22.4 Å². The summed E-state index contributed by atoms with van der Waals surface area (Å²) in [5, 5.41) is 13.4. The fraction of sp³-hybridized carbons (Fsp3) is 0.368. The van der Waals surface area contributed by atoms with E-state index in [1.54, 1.807) is 6.20 Å². The Bertz CT molecular complexity index is 852. The second-order valence-electron chi connectivity index (χ2n) is 7.08. The molecule has 1 aromatic carbocycles. The quantitative estimate of drug-likeness (QED) is 0.544. The molecular weight excluding hydrogens is 402 g/mol. The maximum absolute atomic E-state index is 9.23. The number of rotatable bonds is 2. The molecule has 1 N–H and O–H groups in total. The van der Waals surface area contributed by atoms with Gasteiger partial charge in [0.05, 0.1) is 15.2 Å². The Morgan fingerprint density at radius 2 is 2.12 bits per heavy atom. The lowest BCUT2D eigenvalue weighted by Crippen LogP contribution is -2.31. The van der Waals surface area contributed by atoms with Crippen LogP contribution in [0.5, 0.6) is 0 Å². The van der Waals surface area contributed by atoms with Crippen LogP contribution in [0.3, 0.4) is 0 Å². The number of aryl methyl sites for hydroxylation is 1. The second-order valence-corrected chi connectivity index (χ2v) is 8.32. The lowest BCUT2D eigenvalue weighted by atomic mass is 9.81. The normalized spacial score (nSPS) is 23.6. The molecule has 1 aliphatic carbocycles.